The second kappa shape index (κ2) is 7.70. The van der Waals surface area contributed by atoms with E-state index in [1.54, 1.807) is 11.1 Å². The van der Waals surface area contributed by atoms with Gasteiger partial charge in [-0.15, -0.1) is 0 Å². The van der Waals surface area contributed by atoms with Gasteiger partial charge in [-0.1, -0.05) is 109 Å². The van der Waals surface area contributed by atoms with Crippen LogP contribution in [0.1, 0.15) is 49.7 Å². The Kier molecular flexibility index (Phi) is 4.59. The van der Waals surface area contributed by atoms with Crippen LogP contribution in [0.5, 0.6) is 0 Å². The first-order valence-electron chi connectivity index (χ1n) is 13.0. The van der Waals surface area contributed by atoms with Crippen molar-refractivity contribution in [3.63, 3.8) is 0 Å². The molecule has 4 fully saturated rings. The number of rotatable bonds is 4. The summed E-state index contributed by atoms with van der Waals surface area (Å²) >= 11 is 0. The summed E-state index contributed by atoms with van der Waals surface area (Å²) in [5.74, 6) is 1.72. The van der Waals surface area contributed by atoms with E-state index in [1.165, 1.54) is 60.8 Å². The molecule has 0 radical (unpaired) electrons. The Bertz CT molecular complexity index is 1290. The zero-order valence-electron chi connectivity index (χ0n) is 19.8. The third-order valence-electron chi connectivity index (χ3n) is 9.25. The molecule has 2 unspecified atom stereocenters. The Morgan fingerprint density at radius 3 is 1.68 bits per heavy atom. The Balaban J connectivity index is 1.30. The van der Waals surface area contributed by atoms with Crippen molar-refractivity contribution in [3.8, 4) is 22.3 Å². The first-order valence-corrected chi connectivity index (χ1v) is 13.0. The van der Waals surface area contributed by atoms with Gasteiger partial charge in [0.15, 0.2) is 0 Å². The Morgan fingerprint density at radius 2 is 1.00 bits per heavy atom. The summed E-state index contributed by atoms with van der Waals surface area (Å²) in [6.45, 7) is 0. The van der Waals surface area contributed by atoms with Crippen LogP contribution in [0.3, 0.4) is 0 Å². The molecule has 0 heteroatoms. The van der Waals surface area contributed by atoms with Crippen LogP contribution in [0.2, 0.25) is 0 Å². The maximum Gasteiger partial charge on any atom is -0.00271 e. The molecule has 0 saturated heterocycles. The lowest BCUT2D eigenvalue weighted by Gasteiger charge is -2.63. The average molecular weight is 441 g/mol. The van der Waals surface area contributed by atoms with Crippen molar-refractivity contribution in [2.45, 2.75) is 49.4 Å². The van der Waals surface area contributed by atoms with Gasteiger partial charge in [0.25, 0.3) is 0 Å². The summed E-state index contributed by atoms with van der Waals surface area (Å²) in [5.41, 5.74) is 9.32. The van der Waals surface area contributed by atoms with E-state index in [0.29, 0.717) is 10.8 Å². The number of hydrogen-bond acceptors (Lipinski definition) is 0. The minimum Gasteiger partial charge on any atom is -0.0622 e. The summed E-state index contributed by atoms with van der Waals surface area (Å²) in [6, 6.07) is 40.9. The molecule has 4 aromatic carbocycles. The Labute approximate surface area is 203 Å². The van der Waals surface area contributed by atoms with E-state index in [1.807, 2.05) is 0 Å². The van der Waals surface area contributed by atoms with Crippen LogP contribution in [-0.2, 0) is 10.8 Å². The molecule has 0 spiro atoms. The molecule has 0 heterocycles. The van der Waals surface area contributed by atoms with Crippen LogP contribution in [0.15, 0.2) is 109 Å². The molecule has 4 aromatic rings. The van der Waals surface area contributed by atoms with E-state index >= 15 is 0 Å². The highest BCUT2D eigenvalue weighted by Gasteiger charge is 2.58. The molecule has 34 heavy (non-hydrogen) atoms. The van der Waals surface area contributed by atoms with Crippen molar-refractivity contribution >= 4 is 0 Å². The maximum atomic E-state index is 2.46. The van der Waals surface area contributed by atoms with Gasteiger partial charge in [0.2, 0.25) is 0 Å². The van der Waals surface area contributed by atoms with E-state index < -0.39 is 0 Å². The predicted molar refractivity (Wildman–Crippen MR) is 142 cm³/mol. The van der Waals surface area contributed by atoms with Gasteiger partial charge in [-0.2, -0.15) is 0 Å². The van der Waals surface area contributed by atoms with E-state index in [-0.39, 0.29) is 0 Å². The molecule has 4 saturated carbocycles. The van der Waals surface area contributed by atoms with Gasteiger partial charge in [-0.05, 0) is 94.6 Å². The second-order valence-electron chi connectivity index (χ2n) is 11.4. The number of hydrogen-bond donors (Lipinski definition) is 0. The normalized spacial score (nSPS) is 29.3. The molecule has 0 N–H and O–H groups in total. The SMILES string of the molecule is c1ccc(-c2ccc(C34CC5CC(C3)CC(c3ccccc3-c3ccccc3)(C5)C4)cc2)cc1. The summed E-state index contributed by atoms with van der Waals surface area (Å²) in [4.78, 5) is 0. The minimum atomic E-state index is 0.314. The first-order chi connectivity index (χ1) is 16.7. The molecular weight excluding hydrogens is 408 g/mol. The number of benzene rings is 4. The van der Waals surface area contributed by atoms with Gasteiger partial charge in [-0.3, -0.25) is 0 Å². The minimum absolute atomic E-state index is 0.314. The summed E-state index contributed by atoms with van der Waals surface area (Å²) in [6.07, 6.45) is 8.25. The van der Waals surface area contributed by atoms with Crippen LogP contribution >= 0.6 is 0 Å². The molecule has 4 aliphatic carbocycles. The van der Waals surface area contributed by atoms with Crippen molar-refractivity contribution < 1.29 is 0 Å². The topological polar surface area (TPSA) is 0 Å². The van der Waals surface area contributed by atoms with Crippen LogP contribution in [0.25, 0.3) is 22.3 Å². The lowest BCUT2D eigenvalue weighted by atomic mass is 9.41. The molecule has 0 aliphatic heterocycles. The van der Waals surface area contributed by atoms with Gasteiger partial charge in [0.1, 0.15) is 0 Å². The second-order valence-corrected chi connectivity index (χ2v) is 11.4. The van der Waals surface area contributed by atoms with E-state index in [0.717, 1.165) is 11.8 Å². The molecule has 8 rings (SSSR count). The average Bonchev–Trinajstić information content (AvgIpc) is 2.89. The monoisotopic (exact) mass is 440 g/mol. The fourth-order valence-corrected chi connectivity index (χ4v) is 8.38. The maximum absolute atomic E-state index is 2.46. The fourth-order valence-electron chi connectivity index (χ4n) is 8.38. The third-order valence-corrected chi connectivity index (χ3v) is 9.25. The van der Waals surface area contributed by atoms with Gasteiger partial charge in [-0.25, -0.2) is 0 Å². The molecule has 4 aliphatic rings. The smallest absolute Gasteiger partial charge is 0.00271 e. The molecule has 168 valence electrons. The highest BCUT2D eigenvalue weighted by atomic mass is 14.6. The summed E-state index contributed by atoms with van der Waals surface area (Å²) in [7, 11) is 0. The Morgan fingerprint density at radius 1 is 0.471 bits per heavy atom. The fraction of sp³-hybridized carbons (Fsp3) is 0.294. The molecule has 4 bridgehead atoms. The molecule has 2 atom stereocenters. The van der Waals surface area contributed by atoms with Gasteiger partial charge in [0, 0.05) is 0 Å². The first kappa shape index (κ1) is 20.3. The van der Waals surface area contributed by atoms with Gasteiger partial charge < -0.3 is 0 Å². The van der Waals surface area contributed by atoms with Crippen LogP contribution in [0.4, 0.5) is 0 Å². The molecule has 0 nitrogen and oxygen atoms in total. The zero-order valence-corrected chi connectivity index (χ0v) is 19.8. The van der Waals surface area contributed by atoms with Gasteiger partial charge >= 0.3 is 0 Å². The standard InChI is InChI=1S/C34H32/c1-3-9-27(10-4-1)28-15-17-30(18-16-28)33-20-25-19-26(21-33)23-34(22-25,24-33)32-14-8-7-13-31(32)29-11-5-2-6-12-29/h1-18,25-26H,19-24H2. The highest BCUT2D eigenvalue weighted by Crippen LogP contribution is 2.66. The largest absolute Gasteiger partial charge is 0.0622 e. The van der Waals surface area contributed by atoms with Crippen molar-refractivity contribution in [2.75, 3.05) is 0 Å². The highest BCUT2D eigenvalue weighted by molar-refractivity contribution is 5.69. The zero-order chi connectivity index (χ0) is 22.6. The lowest BCUT2D eigenvalue weighted by molar-refractivity contribution is -0.0278. The van der Waals surface area contributed by atoms with E-state index in [9.17, 15) is 0 Å². The lowest BCUT2D eigenvalue weighted by Crippen LogP contribution is -2.56. The van der Waals surface area contributed by atoms with E-state index in [2.05, 4.69) is 109 Å². The van der Waals surface area contributed by atoms with Crippen molar-refractivity contribution in [3.05, 3.63) is 120 Å². The van der Waals surface area contributed by atoms with Crippen molar-refractivity contribution in [1.29, 1.82) is 0 Å². The summed E-state index contributed by atoms with van der Waals surface area (Å²) in [5, 5.41) is 0. The molecule has 0 amide bonds. The van der Waals surface area contributed by atoms with Crippen molar-refractivity contribution in [1.82, 2.24) is 0 Å². The molecular formula is C34H32. The van der Waals surface area contributed by atoms with Crippen LogP contribution in [0, 0.1) is 11.8 Å². The summed E-state index contributed by atoms with van der Waals surface area (Å²) < 4.78 is 0. The van der Waals surface area contributed by atoms with Crippen molar-refractivity contribution in [2.24, 2.45) is 11.8 Å². The third kappa shape index (κ3) is 3.19. The Hall–Kier alpha value is -3.12. The van der Waals surface area contributed by atoms with Gasteiger partial charge in [0.05, 0.1) is 0 Å². The molecule has 0 aromatic heterocycles. The predicted octanol–water partition coefficient (Wildman–Crippen LogP) is 8.81. The van der Waals surface area contributed by atoms with Crippen LogP contribution < -0.4 is 0 Å². The van der Waals surface area contributed by atoms with Crippen LogP contribution in [-0.4, -0.2) is 0 Å². The quantitative estimate of drug-likeness (QED) is 0.297. The van der Waals surface area contributed by atoms with E-state index in [4.69, 9.17) is 0 Å².